The predicted octanol–water partition coefficient (Wildman–Crippen LogP) is 1.75. The van der Waals surface area contributed by atoms with Gasteiger partial charge in [0.2, 0.25) is 0 Å². The number of nitrogens with zero attached hydrogens (tertiary/aromatic N) is 2. The molecule has 0 spiro atoms. The Morgan fingerprint density at radius 1 is 1.29 bits per heavy atom. The first kappa shape index (κ1) is 12.5. The maximum absolute atomic E-state index is 12.2. The van der Waals surface area contributed by atoms with Gasteiger partial charge in [0.25, 0.3) is 5.91 Å². The van der Waals surface area contributed by atoms with Crippen molar-refractivity contribution in [3.05, 3.63) is 29.8 Å². The Labute approximate surface area is 108 Å². The number of carbonyl (C=O) groups excluding carboxylic acids is 1. The maximum Gasteiger partial charge on any atom is 0.253 e. The summed E-state index contributed by atoms with van der Waals surface area (Å²) in [6, 6.07) is 7.82. The molecule has 0 radical (unpaired) electrons. The van der Waals surface area contributed by atoms with E-state index in [1.807, 2.05) is 29.2 Å². The van der Waals surface area contributed by atoms with Gasteiger partial charge in [-0.25, -0.2) is 0 Å². The Kier molecular flexibility index (Phi) is 3.74. The summed E-state index contributed by atoms with van der Waals surface area (Å²) in [6.45, 7) is 4.70. The fourth-order valence-corrected chi connectivity index (χ4v) is 2.17. The number of benzene rings is 1. The first-order valence-electron chi connectivity index (χ1n) is 5.86. The van der Waals surface area contributed by atoms with Gasteiger partial charge < -0.3 is 9.80 Å². The van der Waals surface area contributed by atoms with Crippen LogP contribution in [0.5, 0.6) is 0 Å². The number of carbonyl (C=O) groups is 1. The van der Waals surface area contributed by atoms with Crippen LogP contribution in [0.15, 0.2) is 29.2 Å². The summed E-state index contributed by atoms with van der Waals surface area (Å²) < 4.78 is 0. The number of amides is 1. The van der Waals surface area contributed by atoms with E-state index in [4.69, 9.17) is 0 Å². The zero-order valence-electron chi connectivity index (χ0n) is 10.3. The van der Waals surface area contributed by atoms with Crippen molar-refractivity contribution in [1.82, 2.24) is 9.80 Å². The molecule has 1 aliphatic heterocycles. The van der Waals surface area contributed by atoms with Gasteiger partial charge in [-0.05, 0) is 38.2 Å². The molecule has 2 rings (SSSR count). The number of likely N-dealkylation sites (N-methyl/N-ethyl adjacent to an activating group) is 1. The van der Waals surface area contributed by atoms with Crippen LogP contribution in [-0.2, 0) is 0 Å². The minimum Gasteiger partial charge on any atom is -0.336 e. The highest BCUT2D eigenvalue weighted by Crippen LogP contribution is 2.13. The maximum atomic E-state index is 12.2. The first-order chi connectivity index (χ1) is 8.08. The minimum absolute atomic E-state index is 0.123. The summed E-state index contributed by atoms with van der Waals surface area (Å²) in [5.41, 5.74) is 0.750. The topological polar surface area (TPSA) is 23.6 Å². The summed E-state index contributed by atoms with van der Waals surface area (Å²) in [5.74, 6) is 0.123. The van der Waals surface area contributed by atoms with Gasteiger partial charge in [-0.15, -0.1) is 12.6 Å². The monoisotopic (exact) mass is 250 g/mol. The standard InChI is InChI=1S/C13H18N2OS/c1-10-9-15(8-7-14(10)2)13(16)11-3-5-12(17)6-4-11/h3-6,10,17H,7-9H2,1-2H3. The van der Waals surface area contributed by atoms with Gasteiger partial charge in [0, 0.05) is 36.1 Å². The third kappa shape index (κ3) is 2.82. The van der Waals surface area contributed by atoms with E-state index in [1.165, 1.54) is 0 Å². The molecule has 0 N–H and O–H groups in total. The molecule has 1 aliphatic rings. The SMILES string of the molecule is CC1CN(C(=O)c2ccc(S)cc2)CCN1C. The Morgan fingerprint density at radius 3 is 2.53 bits per heavy atom. The van der Waals surface area contributed by atoms with E-state index in [9.17, 15) is 4.79 Å². The van der Waals surface area contributed by atoms with Gasteiger partial charge in [0.1, 0.15) is 0 Å². The lowest BCUT2D eigenvalue weighted by Gasteiger charge is -2.37. The molecule has 0 saturated carbocycles. The number of hydrogen-bond acceptors (Lipinski definition) is 3. The molecule has 4 heteroatoms. The van der Waals surface area contributed by atoms with E-state index in [0.717, 1.165) is 30.1 Å². The van der Waals surface area contributed by atoms with Crippen molar-refractivity contribution in [3.8, 4) is 0 Å². The second kappa shape index (κ2) is 5.10. The van der Waals surface area contributed by atoms with Crippen LogP contribution in [0.1, 0.15) is 17.3 Å². The Bertz CT molecular complexity index is 404. The van der Waals surface area contributed by atoms with Crippen LogP contribution in [-0.4, -0.2) is 48.4 Å². The molecule has 1 unspecified atom stereocenters. The van der Waals surface area contributed by atoms with E-state index in [-0.39, 0.29) is 5.91 Å². The molecular weight excluding hydrogens is 232 g/mol. The quantitative estimate of drug-likeness (QED) is 0.768. The fourth-order valence-electron chi connectivity index (χ4n) is 2.02. The average molecular weight is 250 g/mol. The van der Waals surface area contributed by atoms with Crippen molar-refractivity contribution in [1.29, 1.82) is 0 Å². The molecule has 0 aromatic heterocycles. The molecule has 1 saturated heterocycles. The van der Waals surface area contributed by atoms with E-state index >= 15 is 0 Å². The van der Waals surface area contributed by atoms with Crippen LogP contribution in [0, 0.1) is 0 Å². The Morgan fingerprint density at radius 2 is 1.94 bits per heavy atom. The van der Waals surface area contributed by atoms with Crippen LogP contribution in [0.4, 0.5) is 0 Å². The van der Waals surface area contributed by atoms with Crippen molar-refractivity contribution in [2.75, 3.05) is 26.7 Å². The molecule has 1 fully saturated rings. The minimum atomic E-state index is 0.123. The van der Waals surface area contributed by atoms with Gasteiger partial charge in [0.05, 0.1) is 0 Å². The number of hydrogen-bond donors (Lipinski definition) is 1. The van der Waals surface area contributed by atoms with Crippen LogP contribution in [0.2, 0.25) is 0 Å². The van der Waals surface area contributed by atoms with Crippen molar-refractivity contribution < 1.29 is 4.79 Å². The highest BCUT2D eigenvalue weighted by molar-refractivity contribution is 7.80. The van der Waals surface area contributed by atoms with Gasteiger partial charge in [-0.1, -0.05) is 0 Å². The molecule has 17 heavy (non-hydrogen) atoms. The third-order valence-electron chi connectivity index (χ3n) is 3.36. The predicted molar refractivity (Wildman–Crippen MR) is 71.7 cm³/mol. The molecule has 1 atom stereocenters. The van der Waals surface area contributed by atoms with Gasteiger partial charge >= 0.3 is 0 Å². The normalized spacial score (nSPS) is 21.6. The second-order valence-electron chi connectivity index (χ2n) is 4.63. The van der Waals surface area contributed by atoms with Crippen molar-refractivity contribution >= 4 is 18.5 Å². The van der Waals surface area contributed by atoms with E-state index in [0.29, 0.717) is 6.04 Å². The second-order valence-corrected chi connectivity index (χ2v) is 5.14. The molecule has 1 amide bonds. The zero-order chi connectivity index (χ0) is 12.4. The molecule has 1 aromatic rings. The molecular formula is C13H18N2OS. The molecule has 1 aromatic carbocycles. The number of piperazine rings is 1. The number of rotatable bonds is 1. The molecule has 92 valence electrons. The van der Waals surface area contributed by atoms with E-state index < -0.39 is 0 Å². The van der Waals surface area contributed by atoms with Crippen LogP contribution in [0.25, 0.3) is 0 Å². The number of thiol groups is 1. The van der Waals surface area contributed by atoms with Crippen LogP contribution >= 0.6 is 12.6 Å². The molecule has 0 aliphatic carbocycles. The van der Waals surface area contributed by atoms with E-state index in [1.54, 1.807) is 0 Å². The fraction of sp³-hybridized carbons (Fsp3) is 0.462. The summed E-state index contributed by atoms with van der Waals surface area (Å²) in [5, 5.41) is 0. The molecule has 3 nitrogen and oxygen atoms in total. The van der Waals surface area contributed by atoms with Crippen molar-refractivity contribution in [3.63, 3.8) is 0 Å². The van der Waals surface area contributed by atoms with E-state index in [2.05, 4.69) is 31.5 Å². The zero-order valence-corrected chi connectivity index (χ0v) is 11.2. The van der Waals surface area contributed by atoms with Crippen LogP contribution < -0.4 is 0 Å². The summed E-state index contributed by atoms with van der Waals surface area (Å²) >= 11 is 4.22. The highest BCUT2D eigenvalue weighted by Gasteiger charge is 2.24. The lowest BCUT2D eigenvalue weighted by atomic mass is 10.1. The van der Waals surface area contributed by atoms with Gasteiger partial charge in [-0.2, -0.15) is 0 Å². The average Bonchev–Trinajstić information content (AvgIpc) is 2.33. The highest BCUT2D eigenvalue weighted by atomic mass is 32.1. The summed E-state index contributed by atoms with van der Waals surface area (Å²) in [6.07, 6.45) is 0. The largest absolute Gasteiger partial charge is 0.336 e. The smallest absolute Gasteiger partial charge is 0.253 e. The molecule has 1 heterocycles. The van der Waals surface area contributed by atoms with Gasteiger partial charge in [0.15, 0.2) is 0 Å². The van der Waals surface area contributed by atoms with Crippen molar-refractivity contribution in [2.45, 2.75) is 17.9 Å². The Hall–Kier alpha value is -1.00. The first-order valence-corrected chi connectivity index (χ1v) is 6.31. The van der Waals surface area contributed by atoms with Crippen molar-refractivity contribution in [2.24, 2.45) is 0 Å². The molecule has 0 bridgehead atoms. The lowest BCUT2D eigenvalue weighted by molar-refractivity contribution is 0.0572. The van der Waals surface area contributed by atoms with Crippen LogP contribution in [0.3, 0.4) is 0 Å². The summed E-state index contributed by atoms with van der Waals surface area (Å²) in [7, 11) is 2.10. The Balaban J connectivity index is 2.08. The van der Waals surface area contributed by atoms with Gasteiger partial charge in [-0.3, -0.25) is 4.79 Å². The summed E-state index contributed by atoms with van der Waals surface area (Å²) in [4.78, 5) is 17.3. The lowest BCUT2D eigenvalue weighted by Crippen LogP contribution is -2.52. The third-order valence-corrected chi connectivity index (χ3v) is 3.66.